The monoisotopic (exact) mass is 270 g/mol. The lowest BCUT2D eigenvalue weighted by Crippen LogP contribution is -2.26. The summed E-state index contributed by atoms with van der Waals surface area (Å²) in [4.78, 5) is 15.5. The number of nitrogens with zero attached hydrogens (tertiary/aromatic N) is 2. The van der Waals surface area contributed by atoms with E-state index in [1.54, 1.807) is 12.3 Å². The molecule has 1 saturated heterocycles. The van der Waals surface area contributed by atoms with Crippen LogP contribution >= 0.6 is 0 Å². The molecule has 1 aromatic carbocycles. The van der Waals surface area contributed by atoms with Gasteiger partial charge in [0.05, 0.1) is 5.69 Å². The molecule has 1 fully saturated rings. The standard InChI is InChI=1S/C15H18N4O/c16-14-7-10-19(15(20)18-14)13-3-1-11(2-4-13)12-5-8-17-9-6-12/h1-4,7,10,12,17H,5-6,8-9H2,(H2,16,18,20). The summed E-state index contributed by atoms with van der Waals surface area (Å²) in [6, 6.07) is 9.78. The van der Waals surface area contributed by atoms with Crippen LogP contribution in [0.15, 0.2) is 41.3 Å². The fourth-order valence-electron chi connectivity index (χ4n) is 2.68. The molecule has 3 N–H and O–H groups in total. The number of nitrogen functional groups attached to an aromatic ring is 1. The van der Waals surface area contributed by atoms with Gasteiger partial charge in [0, 0.05) is 6.20 Å². The first-order chi connectivity index (χ1) is 9.74. The molecule has 0 radical (unpaired) electrons. The molecule has 1 aromatic heterocycles. The SMILES string of the molecule is Nc1ccn(-c2ccc(C3CCNCC3)cc2)c(=O)n1. The second-order valence-corrected chi connectivity index (χ2v) is 5.12. The fraction of sp³-hybridized carbons (Fsp3) is 0.333. The molecule has 2 heterocycles. The number of piperidine rings is 1. The van der Waals surface area contributed by atoms with Gasteiger partial charge in [-0.25, -0.2) is 4.79 Å². The minimum Gasteiger partial charge on any atom is -0.383 e. The van der Waals surface area contributed by atoms with Crippen LogP contribution in [0.2, 0.25) is 0 Å². The number of rotatable bonds is 2. The lowest BCUT2D eigenvalue weighted by atomic mass is 9.90. The zero-order valence-corrected chi connectivity index (χ0v) is 11.2. The van der Waals surface area contributed by atoms with Crippen molar-refractivity contribution in [2.75, 3.05) is 18.8 Å². The quantitative estimate of drug-likeness (QED) is 0.862. The van der Waals surface area contributed by atoms with Gasteiger partial charge in [0.2, 0.25) is 0 Å². The average Bonchev–Trinajstić information content (AvgIpc) is 2.48. The number of anilines is 1. The number of hydrogen-bond donors (Lipinski definition) is 2. The molecule has 5 nitrogen and oxygen atoms in total. The zero-order chi connectivity index (χ0) is 13.9. The molecule has 0 amide bonds. The lowest BCUT2D eigenvalue weighted by molar-refractivity contribution is 0.460. The van der Waals surface area contributed by atoms with Gasteiger partial charge in [-0.15, -0.1) is 0 Å². The molecule has 0 saturated carbocycles. The molecular formula is C15H18N4O. The molecule has 5 heteroatoms. The van der Waals surface area contributed by atoms with Gasteiger partial charge in [-0.3, -0.25) is 4.57 Å². The highest BCUT2D eigenvalue weighted by Gasteiger charge is 2.14. The van der Waals surface area contributed by atoms with Crippen LogP contribution in [0.4, 0.5) is 5.82 Å². The third kappa shape index (κ3) is 2.58. The van der Waals surface area contributed by atoms with Crippen molar-refractivity contribution < 1.29 is 0 Å². The third-order valence-electron chi connectivity index (χ3n) is 3.81. The summed E-state index contributed by atoms with van der Waals surface area (Å²) in [5.74, 6) is 0.865. The van der Waals surface area contributed by atoms with Crippen molar-refractivity contribution >= 4 is 5.82 Å². The van der Waals surface area contributed by atoms with Gasteiger partial charge in [-0.1, -0.05) is 12.1 Å². The molecule has 0 unspecified atom stereocenters. The molecular weight excluding hydrogens is 252 g/mol. The summed E-state index contributed by atoms with van der Waals surface area (Å²) in [5.41, 5.74) is 7.31. The fourth-order valence-corrected chi connectivity index (χ4v) is 2.68. The Morgan fingerprint density at radius 1 is 1.15 bits per heavy atom. The smallest absolute Gasteiger partial charge is 0.354 e. The summed E-state index contributed by atoms with van der Waals surface area (Å²) in [6.45, 7) is 2.15. The van der Waals surface area contributed by atoms with Crippen LogP contribution in [0.3, 0.4) is 0 Å². The molecule has 0 bridgehead atoms. The normalized spacial score (nSPS) is 16.2. The minimum atomic E-state index is -0.348. The molecule has 0 atom stereocenters. The Morgan fingerprint density at radius 3 is 2.50 bits per heavy atom. The Labute approximate surface area is 117 Å². The highest BCUT2D eigenvalue weighted by atomic mass is 16.1. The van der Waals surface area contributed by atoms with Crippen LogP contribution in [-0.4, -0.2) is 22.6 Å². The average molecular weight is 270 g/mol. The van der Waals surface area contributed by atoms with Gasteiger partial charge in [-0.05, 0) is 55.6 Å². The van der Waals surface area contributed by atoms with Gasteiger partial charge in [-0.2, -0.15) is 4.98 Å². The van der Waals surface area contributed by atoms with E-state index in [9.17, 15) is 4.79 Å². The lowest BCUT2D eigenvalue weighted by Gasteiger charge is -2.23. The van der Waals surface area contributed by atoms with Crippen molar-refractivity contribution in [3.8, 4) is 5.69 Å². The largest absolute Gasteiger partial charge is 0.383 e. The van der Waals surface area contributed by atoms with E-state index in [0.29, 0.717) is 5.92 Å². The number of hydrogen-bond acceptors (Lipinski definition) is 4. The number of nitrogens with two attached hydrogens (primary N) is 1. The van der Waals surface area contributed by atoms with E-state index in [-0.39, 0.29) is 11.5 Å². The summed E-state index contributed by atoms with van der Waals surface area (Å²) < 4.78 is 1.50. The Balaban J connectivity index is 1.87. The number of benzene rings is 1. The van der Waals surface area contributed by atoms with E-state index in [1.807, 2.05) is 12.1 Å². The predicted octanol–water partition coefficient (Wildman–Crippen LogP) is 1.28. The van der Waals surface area contributed by atoms with E-state index in [4.69, 9.17) is 5.73 Å². The third-order valence-corrected chi connectivity index (χ3v) is 3.81. The van der Waals surface area contributed by atoms with Crippen molar-refractivity contribution in [2.24, 2.45) is 0 Å². The Kier molecular flexibility index (Phi) is 3.52. The van der Waals surface area contributed by atoms with Gasteiger partial charge < -0.3 is 11.1 Å². The topological polar surface area (TPSA) is 72.9 Å². The summed E-state index contributed by atoms with van der Waals surface area (Å²) in [7, 11) is 0. The molecule has 0 spiro atoms. The molecule has 0 aliphatic carbocycles. The van der Waals surface area contributed by atoms with Crippen LogP contribution in [0.25, 0.3) is 5.69 Å². The first-order valence-corrected chi connectivity index (χ1v) is 6.90. The Bertz CT molecular complexity index is 642. The molecule has 1 aliphatic rings. The van der Waals surface area contributed by atoms with Crippen molar-refractivity contribution in [2.45, 2.75) is 18.8 Å². The Morgan fingerprint density at radius 2 is 1.85 bits per heavy atom. The van der Waals surface area contributed by atoms with Crippen molar-refractivity contribution in [1.29, 1.82) is 0 Å². The van der Waals surface area contributed by atoms with Crippen LogP contribution in [0, 0.1) is 0 Å². The van der Waals surface area contributed by atoms with Crippen LogP contribution in [0.1, 0.15) is 24.3 Å². The first-order valence-electron chi connectivity index (χ1n) is 6.90. The predicted molar refractivity (Wildman–Crippen MR) is 79.1 cm³/mol. The van der Waals surface area contributed by atoms with Crippen molar-refractivity contribution in [3.05, 3.63) is 52.6 Å². The summed E-state index contributed by atoms with van der Waals surface area (Å²) in [6.07, 6.45) is 4.00. The number of nitrogens with one attached hydrogen (secondary N) is 1. The van der Waals surface area contributed by atoms with Crippen LogP contribution in [-0.2, 0) is 0 Å². The first kappa shape index (κ1) is 12.9. The zero-order valence-electron chi connectivity index (χ0n) is 11.2. The Hall–Kier alpha value is -2.14. The van der Waals surface area contributed by atoms with E-state index in [1.165, 1.54) is 23.0 Å². The van der Waals surface area contributed by atoms with Gasteiger partial charge in [0.15, 0.2) is 0 Å². The van der Waals surface area contributed by atoms with E-state index >= 15 is 0 Å². The van der Waals surface area contributed by atoms with Crippen LogP contribution < -0.4 is 16.7 Å². The maximum absolute atomic E-state index is 11.8. The van der Waals surface area contributed by atoms with E-state index < -0.39 is 0 Å². The van der Waals surface area contributed by atoms with E-state index in [2.05, 4.69) is 22.4 Å². The van der Waals surface area contributed by atoms with Gasteiger partial charge in [0.25, 0.3) is 0 Å². The summed E-state index contributed by atoms with van der Waals surface area (Å²) >= 11 is 0. The molecule has 104 valence electrons. The van der Waals surface area contributed by atoms with Gasteiger partial charge >= 0.3 is 5.69 Å². The summed E-state index contributed by atoms with van der Waals surface area (Å²) in [5, 5.41) is 3.37. The van der Waals surface area contributed by atoms with Crippen LogP contribution in [0.5, 0.6) is 0 Å². The van der Waals surface area contributed by atoms with Crippen molar-refractivity contribution in [3.63, 3.8) is 0 Å². The van der Waals surface area contributed by atoms with Gasteiger partial charge in [0.1, 0.15) is 5.82 Å². The second-order valence-electron chi connectivity index (χ2n) is 5.12. The van der Waals surface area contributed by atoms with Crippen molar-refractivity contribution in [1.82, 2.24) is 14.9 Å². The molecule has 3 rings (SSSR count). The van der Waals surface area contributed by atoms with E-state index in [0.717, 1.165) is 18.8 Å². The highest BCUT2D eigenvalue weighted by Crippen LogP contribution is 2.25. The maximum atomic E-state index is 11.8. The maximum Gasteiger partial charge on any atom is 0.354 e. The molecule has 1 aliphatic heterocycles. The molecule has 20 heavy (non-hydrogen) atoms. The minimum absolute atomic E-state index is 0.248. The highest BCUT2D eigenvalue weighted by molar-refractivity contribution is 5.37. The second kappa shape index (κ2) is 5.46. The molecule has 2 aromatic rings. The number of aromatic nitrogens is 2.